The van der Waals surface area contributed by atoms with Crippen molar-refractivity contribution >= 4 is 27.8 Å². The Morgan fingerprint density at radius 1 is 1.07 bits per heavy atom. The molecule has 5 heterocycles. The van der Waals surface area contributed by atoms with Crippen molar-refractivity contribution in [3.8, 4) is 0 Å². The lowest BCUT2D eigenvalue weighted by atomic mass is 10.1. The minimum atomic E-state index is -0.0169. The highest BCUT2D eigenvalue weighted by molar-refractivity contribution is 5.78. The molecule has 0 amide bonds. The van der Waals surface area contributed by atoms with E-state index >= 15 is 0 Å². The fraction of sp³-hybridized carbons (Fsp3) is 0.364. The predicted molar refractivity (Wildman–Crippen MR) is 118 cm³/mol. The van der Waals surface area contributed by atoms with E-state index in [4.69, 9.17) is 0 Å². The van der Waals surface area contributed by atoms with Crippen molar-refractivity contribution in [2.24, 2.45) is 7.05 Å². The molecule has 1 aliphatic rings. The van der Waals surface area contributed by atoms with Gasteiger partial charge in [0.15, 0.2) is 5.65 Å². The van der Waals surface area contributed by atoms with Crippen LogP contribution in [0.25, 0.3) is 22.1 Å². The number of pyridine rings is 3. The van der Waals surface area contributed by atoms with Crippen molar-refractivity contribution in [1.29, 1.82) is 0 Å². The van der Waals surface area contributed by atoms with Gasteiger partial charge in [-0.3, -0.25) is 19.4 Å². The lowest BCUT2D eigenvalue weighted by Crippen LogP contribution is -2.46. The molecule has 1 aliphatic heterocycles. The minimum absolute atomic E-state index is 0.0169. The van der Waals surface area contributed by atoms with Gasteiger partial charge in [0.2, 0.25) is 0 Å². The van der Waals surface area contributed by atoms with Crippen molar-refractivity contribution in [3.63, 3.8) is 0 Å². The molecule has 8 heteroatoms. The number of H-pyrrole nitrogens is 1. The van der Waals surface area contributed by atoms with E-state index in [1.165, 1.54) is 0 Å². The standard InChI is InChI=1S/C22H25N7O/c1-3-16-10-19-20(25-22(16)30)8-15(11-23-19)13-28-4-6-29(7-5-28)18-9-17-14-27(2)26-21(17)24-12-18/h8-12,14H,3-7,13H2,1-2H3,(H,25,30). The third-order valence-electron chi connectivity index (χ3n) is 5.81. The number of aromatic amines is 1. The van der Waals surface area contributed by atoms with E-state index in [0.29, 0.717) is 6.42 Å². The number of hydrogen-bond acceptors (Lipinski definition) is 6. The van der Waals surface area contributed by atoms with E-state index in [9.17, 15) is 4.79 Å². The Balaban J connectivity index is 1.26. The van der Waals surface area contributed by atoms with E-state index in [1.54, 1.807) is 4.68 Å². The molecule has 0 saturated carbocycles. The normalized spacial score (nSPS) is 15.3. The maximum Gasteiger partial charge on any atom is 0.251 e. The molecule has 0 bridgehead atoms. The van der Waals surface area contributed by atoms with Crippen LogP contribution in [-0.2, 0) is 20.0 Å². The summed E-state index contributed by atoms with van der Waals surface area (Å²) >= 11 is 0. The smallest absolute Gasteiger partial charge is 0.251 e. The van der Waals surface area contributed by atoms with Crippen LogP contribution in [0, 0.1) is 0 Å². The molecule has 0 atom stereocenters. The molecule has 30 heavy (non-hydrogen) atoms. The quantitative estimate of drug-likeness (QED) is 0.562. The fourth-order valence-corrected chi connectivity index (χ4v) is 4.13. The third kappa shape index (κ3) is 3.54. The van der Waals surface area contributed by atoms with Gasteiger partial charge in [-0.05, 0) is 30.2 Å². The van der Waals surface area contributed by atoms with Crippen LogP contribution in [-0.4, -0.2) is 55.8 Å². The molecule has 0 radical (unpaired) electrons. The zero-order valence-electron chi connectivity index (χ0n) is 17.3. The molecule has 1 saturated heterocycles. The van der Waals surface area contributed by atoms with Gasteiger partial charge in [0.25, 0.3) is 5.56 Å². The Morgan fingerprint density at radius 3 is 2.70 bits per heavy atom. The number of hydrogen-bond donors (Lipinski definition) is 1. The van der Waals surface area contributed by atoms with Crippen molar-refractivity contribution in [2.45, 2.75) is 19.9 Å². The maximum atomic E-state index is 12.1. The second-order valence-corrected chi connectivity index (χ2v) is 7.93. The van der Waals surface area contributed by atoms with Gasteiger partial charge in [-0.15, -0.1) is 0 Å². The predicted octanol–water partition coefficient (Wildman–Crippen LogP) is 2.09. The highest BCUT2D eigenvalue weighted by atomic mass is 16.1. The number of aryl methyl sites for hydroxylation is 2. The Kier molecular flexibility index (Phi) is 4.71. The van der Waals surface area contributed by atoms with Gasteiger partial charge in [0.05, 0.1) is 22.9 Å². The summed E-state index contributed by atoms with van der Waals surface area (Å²) in [5.41, 5.74) is 5.46. The second-order valence-electron chi connectivity index (χ2n) is 7.93. The molecular formula is C22H25N7O. The van der Waals surface area contributed by atoms with Gasteiger partial charge in [0.1, 0.15) is 0 Å². The Hall–Kier alpha value is -3.26. The lowest BCUT2D eigenvalue weighted by Gasteiger charge is -2.35. The van der Waals surface area contributed by atoms with Gasteiger partial charge in [-0.1, -0.05) is 6.92 Å². The van der Waals surface area contributed by atoms with Gasteiger partial charge in [-0.25, -0.2) is 4.98 Å². The molecule has 1 N–H and O–H groups in total. The van der Waals surface area contributed by atoms with E-state index < -0.39 is 0 Å². The average Bonchev–Trinajstić information content (AvgIpc) is 3.13. The minimum Gasteiger partial charge on any atom is -0.368 e. The Labute approximate surface area is 174 Å². The first kappa shape index (κ1) is 18.7. The Morgan fingerprint density at radius 2 is 1.90 bits per heavy atom. The molecule has 0 aromatic carbocycles. The van der Waals surface area contributed by atoms with Gasteiger partial charge >= 0.3 is 0 Å². The van der Waals surface area contributed by atoms with Gasteiger partial charge in [-0.2, -0.15) is 5.10 Å². The molecule has 8 nitrogen and oxygen atoms in total. The summed E-state index contributed by atoms with van der Waals surface area (Å²) in [6, 6.07) is 6.11. The summed E-state index contributed by atoms with van der Waals surface area (Å²) < 4.78 is 1.80. The van der Waals surface area contributed by atoms with Crippen LogP contribution in [0.3, 0.4) is 0 Å². The summed E-state index contributed by atoms with van der Waals surface area (Å²) in [6.45, 7) is 6.64. The summed E-state index contributed by atoms with van der Waals surface area (Å²) in [5, 5.41) is 5.41. The number of nitrogens with one attached hydrogen (secondary N) is 1. The van der Waals surface area contributed by atoms with Crippen molar-refractivity contribution in [1.82, 2.24) is 29.6 Å². The number of rotatable bonds is 4. The molecule has 4 aromatic heterocycles. The van der Waals surface area contributed by atoms with Crippen LogP contribution in [0.15, 0.2) is 41.6 Å². The molecule has 1 fully saturated rings. The first-order valence-electron chi connectivity index (χ1n) is 10.4. The van der Waals surface area contributed by atoms with E-state index in [0.717, 1.165) is 71.6 Å². The zero-order valence-corrected chi connectivity index (χ0v) is 17.3. The van der Waals surface area contributed by atoms with Crippen molar-refractivity contribution in [2.75, 3.05) is 31.1 Å². The first-order chi connectivity index (χ1) is 14.6. The summed E-state index contributed by atoms with van der Waals surface area (Å²) in [4.78, 5) is 28.9. The van der Waals surface area contributed by atoms with Crippen molar-refractivity contribution < 1.29 is 0 Å². The third-order valence-corrected chi connectivity index (χ3v) is 5.81. The SMILES string of the molecule is CCc1cc2ncc(CN3CCN(c4cnc5nn(C)cc5c4)CC3)cc2[nH]c1=O. The van der Waals surface area contributed by atoms with Crippen LogP contribution >= 0.6 is 0 Å². The second kappa shape index (κ2) is 7.53. The maximum absolute atomic E-state index is 12.1. The number of aromatic nitrogens is 5. The zero-order chi connectivity index (χ0) is 20.7. The van der Waals surface area contributed by atoms with E-state index in [1.807, 2.05) is 38.6 Å². The van der Waals surface area contributed by atoms with Crippen LogP contribution in [0.5, 0.6) is 0 Å². The molecule has 4 aromatic rings. The first-order valence-corrected chi connectivity index (χ1v) is 10.4. The Bertz CT molecular complexity index is 1270. The number of fused-ring (bicyclic) bond motifs is 2. The van der Waals surface area contributed by atoms with Crippen LogP contribution < -0.4 is 10.5 Å². The van der Waals surface area contributed by atoms with Gasteiger partial charge in [0, 0.05) is 63.1 Å². The summed E-state index contributed by atoms with van der Waals surface area (Å²) in [7, 11) is 1.92. The van der Waals surface area contributed by atoms with Gasteiger partial charge < -0.3 is 9.88 Å². The number of piperazine rings is 1. The van der Waals surface area contributed by atoms with Crippen LogP contribution in [0.1, 0.15) is 18.1 Å². The summed E-state index contributed by atoms with van der Waals surface area (Å²) in [6.07, 6.45) is 6.55. The van der Waals surface area contributed by atoms with E-state index in [-0.39, 0.29) is 5.56 Å². The fourth-order valence-electron chi connectivity index (χ4n) is 4.13. The van der Waals surface area contributed by atoms with Crippen LogP contribution in [0.2, 0.25) is 0 Å². The summed E-state index contributed by atoms with van der Waals surface area (Å²) in [5.74, 6) is 0. The number of anilines is 1. The highest BCUT2D eigenvalue weighted by Gasteiger charge is 2.18. The molecule has 5 rings (SSSR count). The number of nitrogens with zero attached hydrogens (tertiary/aromatic N) is 6. The molecule has 0 spiro atoms. The monoisotopic (exact) mass is 403 g/mol. The van der Waals surface area contributed by atoms with E-state index in [2.05, 4.69) is 42.0 Å². The van der Waals surface area contributed by atoms with Crippen LogP contribution in [0.4, 0.5) is 5.69 Å². The average molecular weight is 403 g/mol. The lowest BCUT2D eigenvalue weighted by molar-refractivity contribution is 0.249. The molecular weight excluding hydrogens is 378 g/mol. The molecule has 0 aliphatic carbocycles. The largest absolute Gasteiger partial charge is 0.368 e. The molecule has 154 valence electrons. The highest BCUT2D eigenvalue weighted by Crippen LogP contribution is 2.21. The van der Waals surface area contributed by atoms with Crippen molar-refractivity contribution in [3.05, 3.63) is 58.3 Å². The topological polar surface area (TPSA) is 82.9 Å². The molecule has 0 unspecified atom stereocenters.